The van der Waals surface area contributed by atoms with Crippen molar-refractivity contribution in [2.24, 2.45) is 0 Å². The Hall–Kier alpha value is -2.29. The molecule has 0 aliphatic heterocycles. The van der Waals surface area contributed by atoms with E-state index in [1.165, 1.54) is 6.07 Å². The number of hydrogen-bond donors (Lipinski definition) is 0. The lowest BCUT2D eigenvalue weighted by atomic mass is 9.97. The highest BCUT2D eigenvalue weighted by atomic mass is 19.1. The van der Waals surface area contributed by atoms with Gasteiger partial charge in [0.2, 0.25) is 0 Å². The first-order valence-corrected chi connectivity index (χ1v) is 6.70. The van der Waals surface area contributed by atoms with E-state index in [9.17, 15) is 4.39 Å². The van der Waals surface area contributed by atoms with Crippen LogP contribution in [0.15, 0.2) is 42.7 Å². The van der Waals surface area contributed by atoms with Crippen LogP contribution in [0, 0.1) is 12.7 Å². The van der Waals surface area contributed by atoms with E-state index < -0.39 is 0 Å². The van der Waals surface area contributed by atoms with Gasteiger partial charge in [0.05, 0.1) is 11.2 Å². The van der Waals surface area contributed by atoms with Crippen molar-refractivity contribution in [3.05, 3.63) is 59.7 Å². The number of nitrogens with zero attached hydrogens (tertiary/aromatic N) is 2. The Bertz CT molecular complexity index is 767. The van der Waals surface area contributed by atoms with Gasteiger partial charge in [0.25, 0.3) is 0 Å². The second kappa shape index (κ2) is 5.00. The maximum Gasteiger partial charge on any atom is 0.124 e. The SMILES string of the molecule is CCc1cnc2c(C)cc(F)cc2c1-c1ccccn1. The van der Waals surface area contributed by atoms with Crippen molar-refractivity contribution in [2.75, 3.05) is 0 Å². The van der Waals surface area contributed by atoms with Crippen LogP contribution in [-0.4, -0.2) is 9.97 Å². The number of rotatable bonds is 2. The predicted molar refractivity (Wildman–Crippen MR) is 79.0 cm³/mol. The van der Waals surface area contributed by atoms with Gasteiger partial charge in [-0.25, -0.2) is 4.39 Å². The van der Waals surface area contributed by atoms with Gasteiger partial charge in [-0.15, -0.1) is 0 Å². The zero-order valence-electron chi connectivity index (χ0n) is 11.5. The van der Waals surface area contributed by atoms with E-state index in [1.54, 1.807) is 12.3 Å². The zero-order valence-corrected chi connectivity index (χ0v) is 11.5. The number of hydrogen-bond acceptors (Lipinski definition) is 2. The third-order valence-corrected chi connectivity index (χ3v) is 3.51. The van der Waals surface area contributed by atoms with Gasteiger partial charge in [-0.05, 0) is 48.7 Å². The van der Waals surface area contributed by atoms with E-state index in [4.69, 9.17) is 0 Å². The summed E-state index contributed by atoms with van der Waals surface area (Å²) in [6.07, 6.45) is 4.47. The second-order valence-electron chi connectivity index (χ2n) is 4.85. The molecule has 1 aromatic carbocycles. The molecule has 100 valence electrons. The standard InChI is InChI=1S/C17H15FN2/c1-3-12-10-20-17-11(2)8-13(18)9-14(17)16(12)15-6-4-5-7-19-15/h4-10H,3H2,1-2H3. The average Bonchev–Trinajstić information content (AvgIpc) is 2.46. The lowest BCUT2D eigenvalue weighted by molar-refractivity contribution is 0.628. The summed E-state index contributed by atoms with van der Waals surface area (Å²) in [6.45, 7) is 3.95. The van der Waals surface area contributed by atoms with E-state index >= 15 is 0 Å². The fraction of sp³-hybridized carbons (Fsp3) is 0.176. The molecular formula is C17H15FN2. The van der Waals surface area contributed by atoms with Crippen LogP contribution < -0.4 is 0 Å². The van der Waals surface area contributed by atoms with Crippen LogP contribution in [0.2, 0.25) is 0 Å². The number of fused-ring (bicyclic) bond motifs is 1. The minimum absolute atomic E-state index is 0.234. The molecule has 0 saturated heterocycles. The van der Waals surface area contributed by atoms with Crippen LogP contribution in [0.1, 0.15) is 18.1 Å². The summed E-state index contributed by atoms with van der Waals surface area (Å²) in [5.74, 6) is -0.234. The Morgan fingerprint density at radius 3 is 2.70 bits per heavy atom. The van der Waals surface area contributed by atoms with Gasteiger partial charge < -0.3 is 0 Å². The summed E-state index contributed by atoms with van der Waals surface area (Å²) in [5, 5.41) is 0.834. The molecule has 0 unspecified atom stereocenters. The van der Waals surface area contributed by atoms with Gasteiger partial charge in [-0.3, -0.25) is 9.97 Å². The van der Waals surface area contributed by atoms with Gasteiger partial charge in [0.1, 0.15) is 5.82 Å². The fourth-order valence-corrected chi connectivity index (χ4v) is 2.56. The Kier molecular flexibility index (Phi) is 3.18. The van der Waals surface area contributed by atoms with E-state index in [0.29, 0.717) is 0 Å². The predicted octanol–water partition coefficient (Wildman–Crippen LogP) is 4.31. The van der Waals surface area contributed by atoms with Crippen LogP contribution in [0.5, 0.6) is 0 Å². The molecule has 3 rings (SSSR count). The molecule has 2 nitrogen and oxygen atoms in total. The summed E-state index contributed by atoms with van der Waals surface area (Å²) < 4.78 is 13.8. The monoisotopic (exact) mass is 266 g/mol. The molecule has 2 heterocycles. The molecule has 3 heteroatoms. The Balaban J connectivity index is 2.43. The molecule has 3 aromatic rings. The topological polar surface area (TPSA) is 25.8 Å². The summed E-state index contributed by atoms with van der Waals surface area (Å²) in [7, 11) is 0. The van der Waals surface area contributed by atoms with Crippen LogP contribution in [0.4, 0.5) is 4.39 Å². The summed E-state index contributed by atoms with van der Waals surface area (Å²) in [6, 6.07) is 8.85. The van der Waals surface area contributed by atoms with E-state index in [1.807, 2.05) is 31.3 Å². The van der Waals surface area contributed by atoms with Crippen molar-refractivity contribution in [3.8, 4) is 11.3 Å². The number of aromatic nitrogens is 2. The zero-order chi connectivity index (χ0) is 14.1. The fourth-order valence-electron chi connectivity index (χ4n) is 2.56. The molecule has 0 amide bonds. The van der Waals surface area contributed by atoms with Crippen molar-refractivity contribution in [1.29, 1.82) is 0 Å². The molecule has 0 spiro atoms. The first-order chi connectivity index (χ1) is 9.70. The van der Waals surface area contributed by atoms with Crippen molar-refractivity contribution in [3.63, 3.8) is 0 Å². The third kappa shape index (κ3) is 2.05. The number of benzene rings is 1. The molecular weight excluding hydrogens is 251 g/mol. The number of pyridine rings is 2. The molecule has 2 aromatic heterocycles. The van der Waals surface area contributed by atoms with Crippen LogP contribution in [-0.2, 0) is 6.42 Å². The van der Waals surface area contributed by atoms with Crippen molar-refractivity contribution in [1.82, 2.24) is 9.97 Å². The lowest BCUT2D eigenvalue weighted by Crippen LogP contribution is -1.96. The van der Waals surface area contributed by atoms with Crippen LogP contribution in [0.3, 0.4) is 0 Å². The number of aryl methyl sites for hydroxylation is 2. The van der Waals surface area contributed by atoms with E-state index in [-0.39, 0.29) is 5.82 Å². The smallest absolute Gasteiger partial charge is 0.124 e. The van der Waals surface area contributed by atoms with Crippen LogP contribution >= 0.6 is 0 Å². The highest BCUT2D eigenvalue weighted by Gasteiger charge is 2.13. The minimum atomic E-state index is -0.234. The summed E-state index contributed by atoms with van der Waals surface area (Å²) in [5.41, 5.74) is 4.62. The first kappa shape index (κ1) is 12.7. The Labute approximate surface area is 117 Å². The van der Waals surface area contributed by atoms with Crippen molar-refractivity contribution in [2.45, 2.75) is 20.3 Å². The molecule has 0 N–H and O–H groups in total. The van der Waals surface area contributed by atoms with E-state index in [0.717, 1.165) is 39.7 Å². The molecule has 0 bridgehead atoms. The van der Waals surface area contributed by atoms with Gasteiger partial charge in [0.15, 0.2) is 0 Å². The molecule has 0 fully saturated rings. The van der Waals surface area contributed by atoms with Crippen LogP contribution in [0.25, 0.3) is 22.2 Å². The molecule has 0 aliphatic rings. The maximum atomic E-state index is 13.8. The Morgan fingerprint density at radius 2 is 2.00 bits per heavy atom. The van der Waals surface area contributed by atoms with Gasteiger partial charge >= 0.3 is 0 Å². The normalized spacial score (nSPS) is 10.9. The van der Waals surface area contributed by atoms with E-state index in [2.05, 4.69) is 16.9 Å². The highest BCUT2D eigenvalue weighted by Crippen LogP contribution is 2.32. The number of halogens is 1. The molecule has 0 radical (unpaired) electrons. The highest BCUT2D eigenvalue weighted by molar-refractivity contribution is 5.96. The van der Waals surface area contributed by atoms with Gasteiger partial charge in [-0.2, -0.15) is 0 Å². The minimum Gasteiger partial charge on any atom is -0.256 e. The Morgan fingerprint density at radius 1 is 1.15 bits per heavy atom. The third-order valence-electron chi connectivity index (χ3n) is 3.51. The van der Waals surface area contributed by atoms with Gasteiger partial charge in [-0.1, -0.05) is 13.0 Å². The summed E-state index contributed by atoms with van der Waals surface area (Å²) in [4.78, 5) is 8.90. The largest absolute Gasteiger partial charge is 0.256 e. The van der Waals surface area contributed by atoms with Crippen molar-refractivity contribution < 1.29 is 4.39 Å². The van der Waals surface area contributed by atoms with Gasteiger partial charge in [0, 0.05) is 23.3 Å². The maximum absolute atomic E-state index is 13.8. The second-order valence-corrected chi connectivity index (χ2v) is 4.85. The molecule has 0 aliphatic carbocycles. The summed E-state index contributed by atoms with van der Waals surface area (Å²) >= 11 is 0. The quantitative estimate of drug-likeness (QED) is 0.691. The first-order valence-electron chi connectivity index (χ1n) is 6.70. The average molecular weight is 266 g/mol. The molecule has 0 saturated carbocycles. The lowest BCUT2D eigenvalue weighted by Gasteiger charge is -2.12. The molecule has 20 heavy (non-hydrogen) atoms. The molecule has 0 atom stereocenters. The van der Waals surface area contributed by atoms with Crippen molar-refractivity contribution >= 4 is 10.9 Å².